The highest BCUT2D eigenvalue weighted by Crippen LogP contribution is 2.58. The number of hydrogen-bond acceptors (Lipinski definition) is 8. The van der Waals surface area contributed by atoms with Gasteiger partial charge in [-0.15, -0.1) is 13.2 Å². The van der Waals surface area contributed by atoms with Crippen LogP contribution in [0.4, 0.5) is 18.9 Å². The Morgan fingerprint density at radius 2 is 1.67 bits per heavy atom. The first-order valence-corrected chi connectivity index (χ1v) is 17.7. The first-order chi connectivity index (χ1) is 24.5. The number of methoxy groups -OCH3 is 2. The maximum absolute atomic E-state index is 15.7. The smallest absolute Gasteiger partial charge is 0.497 e. The van der Waals surface area contributed by atoms with Gasteiger partial charge in [-0.3, -0.25) is 14.1 Å². The number of alkyl halides is 3. The molecule has 0 aliphatic carbocycles. The summed E-state index contributed by atoms with van der Waals surface area (Å²) in [6, 6.07) is 19.6. The van der Waals surface area contributed by atoms with Crippen LogP contribution in [0.2, 0.25) is 5.02 Å². The fourth-order valence-corrected chi connectivity index (χ4v) is 9.31. The van der Waals surface area contributed by atoms with Gasteiger partial charge < -0.3 is 24.6 Å². The number of carbonyl (C=O) groups excluding carboxylic acids is 2. The number of amides is 2. The molecular weight excluding hydrogens is 727 g/mol. The fraction of sp³-hybridized carbons (Fsp3) is 0.278. The minimum absolute atomic E-state index is 0.00870. The van der Waals surface area contributed by atoms with Gasteiger partial charge in [0.2, 0.25) is 5.54 Å². The van der Waals surface area contributed by atoms with Crippen molar-refractivity contribution in [2.45, 2.75) is 35.4 Å². The van der Waals surface area contributed by atoms with Gasteiger partial charge in [-0.2, -0.15) is 4.31 Å². The number of nitrogens with one attached hydrogen (secondary N) is 1. The van der Waals surface area contributed by atoms with Crippen LogP contribution in [0, 0.1) is 0 Å². The number of rotatable bonds is 9. The van der Waals surface area contributed by atoms with Gasteiger partial charge in [0.05, 0.1) is 38.1 Å². The summed E-state index contributed by atoms with van der Waals surface area (Å²) in [5.41, 5.74) is -1.01. The Labute approximate surface area is 302 Å². The summed E-state index contributed by atoms with van der Waals surface area (Å²) in [5, 5.41) is 13.9. The summed E-state index contributed by atoms with van der Waals surface area (Å²) in [5.74, 6) is -2.87. The molecule has 0 radical (unpaired) electrons. The molecule has 11 nitrogen and oxygen atoms in total. The highest BCUT2D eigenvalue weighted by Gasteiger charge is 2.72. The molecule has 16 heteroatoms. The zero-order valence-corrected chi connectivity index (χ0v) is 29.8. The number of quaternary nitrogens is 1. The lowest BCUT2D eigenvalue weighted by Gasteiger charge is -2.48. The molecule has 2 aliphatic heterocycles. The van der Waals surface area contributed by atoms with Crippen molar-refractivity contribution in [3.05, 3.63) is 101 Å². The van der Waals surface area contributed by atoms with Crippen LogP contribution in [-0.2, 0) is 25.2 Å². The standard InChI is InChI=1S/C36H33ClF3N3O8S/c1-41-33(45)29-18-24(44)20-43(29,2)35(27-16-22(10-14-30(27)50-4)21-8-6-5-7-9-21)26-17-23(37)11-13-28(26)42(34(35)46)52(47,48)32-15-12-25(49-3)19-31(32)51-36(38,39)40/h5-17,19,24,29,44H,18,20H2,1-4H3/p+1/t24-,29+,35?,43?/m1/s1. The number of carbonyl (C=O) groups is 2. The molecule has 6 rings (SSSR count). The third-order valence-corrected chi connectivity index (χ3v) is 11.7. The summed E-state index contributed by atoms with van der Waals surface area (Å²) in [4.78, 5) is 28.4. The molecule has 4 aromatic carbocycles. The molecule has 0 bridgehead atoms. The molecule has 4 atom stereocenters. The number of anilines is 1. The lowest BCUT2D eigenvalue weighted by Crippen LogP contribution is -2.69. The van der Waals surface area contributed by atoms with Crippen LogP contribution < -0.4 is 23.8 Å². The minimum Gasteiger partial charge on any atom is -0.497 e. The average Bonchev–Trinajstić information content (AvgIpc) is 3.57. The van der Waals surface area contributed by atoms with E-state index in [2.05, 4.69) is 10.1 Å². The van der Waals surface area contributed by atoms with Crippen LogP contribution in [-0.4, -0.2) is 83.2 Å². The predicted octanol–water partition coefficient (Wildman–Crippen LogP) is 5.23. The first-order valence-electron chi connectivity index (χ1n) is 15.9. The number of likely N-dealkylation sites (tertiary alicyclic amines) is 1. The molecule has 4 aromatic rings. The van der Waals surface area contributed by atoms with E-state index in [1.807, 2.05) is 18.2 Å². The first kappa shape index (κ1) is 36.9. The van der Waals surface area contributed by atoms with Crippen molar-refractivity contribution < 1.29 is 55.0 Å². The number of ether oxygens (including phenoxy) is 3. The van der Waals surface area contributed by atoms with E-state index in [0.717, 1.165) is 23.8 Å². The molecule has 2 amide bonds. The van der Waals surface area contributed by atoms with Crippen LogP contribution >= 0.6 is 11.6 Å². The Balaban J connectivity index is 1.74. The molecule has 2 unspecified atom stereocenters. The highest BCUT2D eigenvalue weighted by atomic mass is 35.5. The van der Waals surface area contributed by atoms with Gasteiger partial charge in [-0.25, -0.2) is 8.42 Å². The Morgan fingerprint density at radius 3 is 2.31 bits per heavy atom. The predicted molar refractivity (Wildman–Crippen MR) is 185 cm³/mol. The van der Waals surface area contributed by atoms with Crippen LogP contribution in [0.3, 0.4) is 0 Å². The lowest BCUT2D eigenvalue weighted by molar-refractivity contribution is -0.953. The van der Waals surface area contributed by atoms with E-state index in [0.29, 0.717) is 9.87 Å². The van der Waals surface area contributed by atoms with Crippen LogP contribution in [0.5, 0.6) is 17.2 Å². The van der Waals surface area contributed by atoms with Crippen LogP contribution in [0.1, 0.15) is 17.5 Å². The zero-order chi connectivity index (χ0) is 37.8. The van der Waals surface area contributed by atoms with E-state index in [9.17, 15) is 31.5 Å². The molecule has 2 aliphatic rings. The van der Waals surface area contributed by atoms with E-state index in [1.54, 1.807) is 37.4 Å². The number of fused-ring (bicyclic) bond motifs is 1. The van der Waals surface area contributed by atoms with Gasteiger partial charge in [0.15, 0.2) is 11.8 Å². The molecule has 2 heterocycles. The monoisotopic (exact) mass is 760 g/mol. The van der Waals surface area contributed by atoms with Crippen molar-refractivity contribution in [3.63, 3.8) is 0 Å². The Morgan fingerprint density at radius 1 is 0.962 bits per heavy atom. The van der Waals surface area contributed by atoms with Crippen molar-refractivity contribution >= 4 is 39.1 Å². The van der Waals surface area contributed by atoms with E-state index >= 15 is 4.79 Å². The van der Waals surface area contributed by atoms with Crippen molar-refractivity contribution in [2.75, 3.05) is 39.2 Å². The molecule has 274 valence electrons. The maximum Gasteiger partial charge on any atom is 0.573 e. The van der Waals surface area contributed by atoms with Gasteiger partial charge in [-0.05, 0) is 53.6 Å². The topological polar surface area (TPSA) is 131 Å². The zero-order valence-electron chi connectivity index (χ0n) is 28.3. The summed E-state index contributed by atoms with van der Waals surface area (Å²) in [6.07, 6.45) is -6.57. The van der Waals surface area contributed by atoms with Gasteiger partial charge in [0.25, 0.3) is 15.9 Å². The van der Waals surface area contributed by atoms with E-state index in [4.69, 9.17) is 21.1 Å². The summed E-state index contributed by atoms with van der Waals surface area (Å²) in [6.45, 7) is -0.229. The van der Waals surface area contributed by atoms with Crippen molar-refractivity contribution in [3.8, 4) is 28.4 Å². The second-order valence-electron chi connectivity index (χ2n) is 12.6. The molecule has 52 heavy (non-hydrogen) atoms. The molecule has 1 fully saturated rings. The number of aliphatic hydroxyl groups is 1. The molecular formula is C36H34ClF3N3O8S+. The average molecular weight is 761 g/mol. The SMILES string of the molecule is CNC(=O)[C@@H]1C[C@@H](O)C[N+]1(C)C1(c2cc(-c3ccccc3)ccc2OC)C(=O)N(S(=O)(=O)c2ccc(OC)cc2OC(F)(F)F)c2ccc(Cl)cc21. The maximum atomic E-state index is 15.7. The van der Waals surface area contributed by atoms with Crippen LogP contribution in [0.15, 0.2) is 89.8 Å². The van der Waals surface area contributed by atoms with E-state index in [1.165, 1.54) is 39.5 Å². The normalized spacial score (nSPS) is 22.9. The fourth-order valence-electron chi connectivity index (χ4n) is 7.58. The van der Waals surface area contributed by atoms with E-state index in [-0.39, 0.29) is 46.3 Å². The van der Waals surface area contributed by atoms with Gasteiger partial charge in [0, 0.05) is 24.6 Å². The van der Waals surface area contributed by atoms with Gasteiger partial charge in [0.1, 0.15) is 29.0 Å². The van der Waals surface area contributed by atoms with Crippen molar-refractivity contribution in [1.82, 2.24) is 5.32 Å². The number of hydrogen-bond donors (Lipinski definition) is 2. The van der Waals surface area contributed by atoms with Crippen LogP contribution in [0.25, 0.3) is 11.1 Å². The number of halogens is 4. The van der Waals surface area contributed by atoms with E-state index < -0.39 is 61.0 Å². The quantitative estimate of drug-likeness (QED) is 0.222. The second-order valence-corrected chi connectivity index (χ2v) is 14.7. The Bertz CT molecular complexity index is 2170. The van der Waals surface area contributed by atoms with Gasteiger partial charge >= 0.3 is 12.3 Å². The summed E-state index contributed by atoms with van der Waals surface area (Å²) >= 11 is 6.60. The highest BCUT2D eigenvalue weighted by molar-refractivity contribution is 7.93. The molecule has 1 saturated heterocycles. The largest absolute Gasteiger partial charge is 0.573 e. The number of likely N-dealkylation sites (N-methyl/N-ethyl adjacent to an activating group) is 2. The van der Waals surface area contributed by atoms with Gasteiger partial charge in [-0.1, -0.05) is 48.0 Å². The number of sulfonamides is 1. The summed E-state index contributed by atoms with van der Waals surface area (Å²) < 4.78 is 85.6. The molecule has 0 aromatic heterocycles. The number of aliphatic hydroxyl groups excluding tert-OH is 1. The third-order valence-electron chi connectivity index (χ3n) is 9.74. The third kappa shape index (κ3) is 5.81. The lowest BCUT2D eigenvalue weighted by atomic mass is 9.78. The van der Waals surface area contributed by atoms with Crippen molar-refractivity contribution in [1.29, 1.82) is 0 Å². The number of nitrogens with zero attached hydrogens (tertiary/aromatic N) is 2. The molecule has 0 spiro atoms. The Kier molecular flexibility index (Phi) is 9.45. The number of benzene rings is 4. The Hall–Kier alpha value is -4.83. The minimum atomic E-state index is -5.32. The molecule has 0 saturated carbocycles. The van der Waals surface area contributed by atoms with Crippen molar-refractivity contribution in [2.24, 2.45) is 0 Å². The summed E-state index contributed by atoms with van der Waals surface area (Å²) in [7, 11) is 0.204. The second kappa shape index (κ2) is 13.3. The molecule has 2 N–H and O–H groups in total.